The predicted octanol–water partition coefficient (Wildman–Crippen LogP) is 7.99. The third-order valence-corrected chi connectivity index (χ3v) is 5.09. The van der Waals surface area contributed by atoms with E-state index < -0.39 is 0 Å². The maximum Gasteiger partial charge on any atom is 0.0118 e. The first kappa shape index (κ1) is 19.4. The topological polar surface area (TPSA) is 0 Å². The highest BCUT2D eigenvalue weighted by molar-refractivity contribution is 8.03. The Morgan fingerprint density at radius 2 is 1.45 bits per heavy atom. The molecule has 22 heavy (non-hydrogen) atoms. The summed E-state index contributed by atoms with van der Waals surface area (Å²) in [4.78, 5) is 2.95. The Morgan fingerprint density at radius 1 is 0.818 bits per heavy atom. The molecule has 0 fully saturated rings. The van der Waals surface area contributed by atoms with Crippen molar-refractivity contribution in [2.45, 2.75) is 89.4 Å². The number of hydrogen-bond donors (Lipinski definition) is 0. The average molecular weight is 319 g/mol. The van der Waals surface area contributed by atoms with Gasteiger partial charge in [-0.1, -0.05) is 94.8 Å². The molecule has 0 N–H and O–H groups in total. The first-order chi connectivity index (χ1) is 10.9. The monoisotopic (exact) mass is 318 g/mol. The van der Waals surface area contributed by atoms with Crippen LogP contribution in [0.2, 0.25) is 0 Å². The number of rotatable bonds is 13. The fraction of sp³-hybridized carbons (Fsp3) is 0.619. The van der Waals surface area contributed by atoms with Crippen LogP contribution in [0.4, 0.5) is 0 Å². The van der Waals surface area contributed by atoms with Gasteiger partial charge in [0.25, 0.3) is 0 Å². The molecule has 0 aliphatic heterocycles. The second kappa shape index (κ2) is 13.9. The number of benzene rings is 1. The summed E-state index contributed by atoms with van der Waals surface area (Å²) in [7, 11) is 0. The number of allylic oxidation sites excluding steroid dienone is 2. The SMILES string of the molecule is CCCCCCCCC/C=C(/CCCC)Sc1ccccc1. The van der Waals surface area contributed by atoms with E-state index in [1.807, 2.05) is 11.8 Å². The first-order valence-electron chi connectivity index (χ1n) is 9.28. The van der Waals surface area contributed by atoms with Gasteiger partial charge < -0.3 is 0 Å². The van der Waals surface area contributed by atoms with Crippen LogP contribution in [0.3, 0.4) is 0 Å². The van der Waals surface area contributed by atoms with Gasteiger partial charge in [0, 0.05) is 4.90 Å². The van der Waals surface area contributed by atoms with Crippen LogP contribution in [0.5, 0.6) is 0 Å². The molecular formula is C21H34S. The lowest BCUT2D eigenvalue weighted by Crippen LogP contribution is -1.83. The van der Waals surface area contributed by atoms with Gasteiger partial charge in [-0.3, -0.25) is 0 Å². The van der Waals surface area contributed by atoms with Crippen molar-refractivity contribution in [3.63, 3.8) is 0 Å². The predicted molar refractivity (Wildman–Crippen MR) is 103 cm³/mol. The van der Waals surface area contributed by atoms with E-state index in [9.17, 15) is 0 Å². The van der Waals surface area contributed by atoms with Gasteiger partial charge in [-0.15, -0.1) is 0 Å². The van der Waals surface area contributed by atoms with Crippen molar-refractivity contribution in [3.05, 3.63) is 41.3 Å². The Morgan fingerprint density at radius 3 is 2.14 bits per heavy atom. The van der Waals surface area contributed by atoms with Crippen molar-refractivity contribution < 1.29 is 0 Å². The third-order valence-electron chi connectivity index (χ3n) is 3.95. The van der Waals surface area contributed by atoms with E-state index in [2.05, 4.69) is 50.3 Å². The number of hydrogen-bond acceptors (Lipinski definition) is 1. The molecule has 0 spiro atoms. The van der Waals surface area contributed by atoms with Gasteiger partial charge in [0.1, 0.15) is 0 Å². The molecule has 124 valence electrons. The van der Waals surface area contributed by atoms with Crippen LogP contribution in [0.15, 0.2) is 46.2 Å². The molecule has 0 saturated heterocycles. The van der Waals surface area contributed by atoms with Crippen LogP contribution < -0.4 is 0 Å². The molecule has 1 aromatic rings. The maximum absolute atomic E-state index is 2.50. The van der Waals surface area contributed by atoms with E-state index in [1.54, 1.807) is 4.91 Å². The van der Waals surface area contributed by atoms with Gasteiger partial charge in [-0.25, -0.2) is 0 Å². The minimum atomic E-state index is 1.24. The molecule has 0 radical (unpaired) electrons. The van der Waals surface area contributed by atoms with Crippen molar-refractivity contribution in [1.82, 2.24) is 0 Å². The van der Waals surface area contributed by atoms with Gasteiger partial charge >= 0.3 is 0 Å². The summed E-state index contributed by atoms with van der Waals surface area (Å²) in [5, 5.41) is 0. The van der Waals surface area contributed by atoms with Crippen LogP contribution in [0.25, 0.3) is 0 Å². The normalized spacial score (nSPS) is 11.8. The lowest BCUT2D eigenvalue weighted by Gasteiger charge is -2.07. The minimum Gasteiger partial charge on any atom is -0.0949 e. The molecule has 1 aromatic carbocycles. The molecule has 1 heteroatoms. The molecule has 0 amide bonds. The van der Waals surface area contributed by atoms with Gasteiger partial charge in [0.2, 0.25) is 0 Å². The molecule has 0 bridgehead atoms. The molecule has 0 aliphatic rings. The van der Waals surface area contributed by atoms with Crippen LogP contribution in [0, 0.1) is 0 Å². The molecule has 0 aliphatic carbocycles. The fourth-order valence-corrected chi connectivity index (χ4v) is 3.59. The zero-order chi connectivity index (χ0) is 15.9. The number of thioether (sulfide) groups is 1. The van der Waals surface area contributed by atoms with Gasteiger partial charge in [0.05, 0.1) is 0 Å². The van der Waals surface area contributed by atoms with Crippen molar-refractivity contribution in [1.29, 1.82) is 0 Å². The summed E-state index contributed by atoms with van der Waals surface area (Å²) < 4.78 is 0. The zero-order valence-electron chi connectivity index (χ0n) is 14.7. The number of unbranched alkanes of at least 4 members (excludes halogenated alkanes) is 8. The zero-order valence-corrected chi connectivity index (χ0v) is 15.5. The third kappa shape index (κ3) is 10.1. The summed E-state index contributed by atoms with van der Waals surface area (Å²) in [5.41, 5.74) is 0. The first-order valence-corrected chi connectivity index (χ1v) is 10.1. The smallest absolute Gasteiger partial charge is 0.0118 e. The molecule has 0 nitrogen and oxygen atoms in total. The molecule has 0 aromatic heterocycles. The van der Waals surface area contributed by atoms with E-state index in [1.165, 1.54) is 75.5 Å². The molecular weight excluding hydrogens is 284 g/mol. The molecule has 0 heterocycles. The van der Waals surface area contributed by atoms with Crippen molar-refractivity contribution in [3.8, 4) is 0 Å². The Labute approximate surface area is 142 Å². The van der Waals surface area contributed by atoms with Gasteiger partial charge in [-0.05, 0) is 42.7 Å². The fourth-order valence-electron chi connectivity index (χ4n) is 2.55. The van der Waals surface area contributed by atoms with Gasteiger partial charge in [-0.2, -0.15) is 0 Å². The van der Waals surface area contributed by atoms with E-state index in [0.717, 1.165) is 0 Å². The average Bonchev–Trinajstić information content (AvgIpc) is 2.55. The van der Waals surface area contributed by atoms with Crippen molar-refractivity contribution >= 4 is 11.8 Å². The second-order valence-corrected chi connectivity index (χ2v) is 7.30. The van der Waals surface area contributed by atoms with Crippen molar-refractivity contribution in [2.75, 3.05) is 0 Å². The van der Waals surface area contributed by atoms with Crippen LogP contribution in [0.1, 0.15) is 84.5 Å². The Bertz CT molecular complexity index is 380. The quantitative estimate of drug-likeness (QED) is 0.262. The highest BCUT2D eigenvalue weighted by atomic mass is 32.2. The Kier molecular flexibility index (Phi) is 12.3. The van der Waals surface area contributed by atoms with Crippen LogP contribution in [-0.4, -0.2) is 0 Å². The summed E-state index contributed by atoms with van der Waals surface area (Å²) in [6.07, 6.45) is 17.4. The van der Waals surface area contributed by atoms with Crippen molar-refractivity contribution in [2.24, 2.45) is 0 Å². The van der Waals surface area contributed by atoms with Gasteiger partial charge in [0.15, 0.2) is 0 Å². The summed E-state index contributed by atoms with van der Waals surface area (Å²) >= 11 is 1.96. The summed E-state index contributed by atoms with van der Waals surface area (Å²) in [6.45, 7) is 4.56. The highest BCUT2D eigenvalue weighted by Crippen LogP contribution is 2.30. The van der Waals surface area contributed by atoms with Crippen LogP contribution >= 0.6 is 11.8 Å². The van der Waals surface area contributed by atoms with Crippen LogP contribution in [-0.2, 0) is 0 Å². The minimum absolute atomic E-state index is 1.24. The van der Waals surface area contributed by atoms with E-state index >= 15 is 0 Å². The lowest BCUT2D eigenvalue weighted by molar-refractivity contribution is 0.592. The summed E-state index contributed by atoms with van der Waals surface area (Å²) in [6, 6.07) is 10.8. The summed E-state index contributed by atoms with van der Waals surface area (Å²) in [5.74, 6) is 0. The molecule has 0 unspecified atom stereocenters. The molecule has 0 atom stereocenters. The molecule has 0 saturated carbocycles. The maximum atomic E-state index is 2.50. The lowest BCUT2D eigenvalue weighted by atomic mass is 10.1. The Balaban J connectivity index is 2.27. The molecule has 1 rings (SSSR count). The van der Waals surface area contributed by atoms with E-state index in [0.29, 0.717) is 0 Å². The van der Waals surface area contributed by atoms with E-state index in [-0.39, 0.29) is 0 Å². The highest BCUT2D eigenvalue weighted by Gasteiger charge is 2.00. The largest absolute Gasteiger partial charge is 0.0949 e. The Hall–Kier alpha value is -0.690. The van der Waals surface area contributed by atoms with E-state index in [4.69, 9.17) is 0 Å². The standard InChI is InChI=1S/C21H34S/c1-3-5-7-8-9-10-11-13-17-20(16-6-4-2)22-21-18-14-12-15-19-21/h12,14-15,17-19H,3-11,13,16H2,1-2H3/b20-17-. The second-order valence-electron chi connectivity index (χ2n) is 6.10.